The third kappa shape index (κ3) is 5.34. The van der Waals surface area contributed by atoms with Crippen LogP contribution in [0.5, 0.6) is 0 Å². The zero-order valence-electron chi connectivity index (χ0n) is 19.8. The van der Waals surface area contributed by atoms with Gasteiger partial charge in [-0.25, -0.2) is 13.1 Å². The van der Waals surface area contributed by atoms with Gasteiger partial charge < -0.3 is 0 Å². The standard InChI is InChI=1S/C25H27BrF3N3O2S/c1-15-13-17(11-12-20(15)25(27,28)29)35(33,34)31-22(16-9-10-16)19-14-30-32(24(2,3)4)23(19)18-7-5-6-8-21(18)26/h5-8,11-14,16,22,31H,9-10H2,1-4H3. The van der Waals surface area contributed by atoms with E-state index in [1.807, 2.05) is 49.7 Å². The minimum absolute atomic E-state index is 0.0687. The van der Waals surface area contributed by atoms with Gasteiger partial charge in [0, 0.05) is 15.6 Å². The summed E-state index contributed by atoms with van der Waals surface area (Å²) < 4.78 is 71.8. The van der Waals surface area contributed by atoms with E-state index < -0.39 is 27.8 Å². The van der Waals surface area contributed by atoms with E-state index in [0.29, 0.717) is 0 Å². The Balaban J connectivity index is 1.79. The van der Waals surface area contributed by atoms with Crippen LogP contribution in [-0.2, 0) is 21.7 Å². The summed E-state index contributed by atoms with van der Waals surface area (Å²) >= 11 is 3.61. The Morgan fingerprint density at radius 3 is 2.31 bits per heavy atom. The van der Waals surface area contributed by atoms with Crippen LogP contribution in [0.1, 0.15) is 56.3 Å². The average molecular weight is 570 g/mol. The van der Waals surface area contributed by atoms with E-state index in [1.165, 1.54) is 6.92 Å². The van der Waals surface area contributed by atoms with Crippen LogP contribution in [0.3, 0.4) is 0 Å². The van der Waals surface area contributed by atoms with E-state index in [0.717, 1.165) is 52.3 Å². The largest absolute Gasteiger partial charge is 0.416 e. The number of aryl methyl sites for hydroxylation is 1. The van der Waals surface area contributed by atoms with E-state index in [9.17, 15) is 21.6 Å². The summed E-state index contributed by atoms with van der Waals surface area (Å²) in [5.74, 6) is 0.0687. The van der Waals surface area contributed by atoms with Crippen molar-refractivity contribution < 1.29 is 21.6 Å². The van der Waals surface area contributed by atoms with Crippen LogP contribution in [0.15, 0.2) is 58.0 Å². The summed E-state index contributed by atoms with van der Waals surface area (Å²) in [4.78, 5) is -0.195. The Hall–Kier alpha value is -2.17. The highest BCUT2D eigenvalue weighted by atomic mass is 79.9. The monoisotopic (exact) mass is 569 g/mol. The molecule has 1 fully saturated rings. The number of hydrogen-bond acceptors (Lipinski definition) is 3. The van der Waals surface area contributed by atoms with Gasteiger partial charge in [0.15, 0.2) is 0 Å². The fourth-order valence-electron chi connectivity index (χ4n) is 4.22. The third-order valence-corrected chi connectivity index (χ3v) is 8.22. The number of halogens is 4. The fourth-order valence-corrected chi connectivity index (χ4v) is 6.06. The number of rotatable bonds is 6. The van der Waals surface area contributed by atoms with Gasteiger partial charge in [0.2, 0.25) is 10.0 Å². The molecule has 1 heterocycles. The maximum atomic E-state index is 13.4. The molecule has 5 nitrogen and oxygen atoms in total. The van der Waals surface area contributed by atoms with Crippen LogP contribution < -0.4 is 4.72 Å². The third-order valence-electron chi connectivity index (χ3n) is 6.09. The van der Waals surface area contributed by atoms with Crippen molar-refractivity contribution in [2.75, 3.05) is 0 Å². The molecule has 2 aromatic carbocycles. The highest BCUT2D eigenvalue weighted by molar-refractivity contribution is 9.10. The van der Waals surface area contributed by atoms with Gasteiger partial charge in [0.05, 0.1) is 33.9 Å². The first-order valence-corrected chi connectivity index (χ1v) is 13.5. The average Bonchev–Trinajstić information content (AvgIpc) is 3.48. The van der Waals surface area contributed by atoms with Crippen molar-refractivity contribution >= 4 is 26.0 Å². The highest BCUT2D eigenvalue weighted by Gasteiger charge is 2.40. The van der Waals surface area contributed by atoms with Crippen molar-refractivity contribution in [3.05, 3.63) is 69.8 Å². The number of aromatic nitrogens is 2. The van der Waals surface area contributed by atoms with Gasteiger partial charge in [-0.05, 0) is 76.3 Å². The molecule has 1 aliphatic rings. The van der Waals surface area contributed by atoms with Crippen molar-refractivity contribution in [1.29, 1.82) is 0 Å². The molecule has 1 aromatic heterocycles. The van der Waals surface area contributed by atoms with Crippen LogP contribution in [0, 0.1) is 12.8 Å². The van der Waals surface area contributed by atoms with Crippen LogP contribution >= 0.6 is 15.9 Å². The molecule has 0 bridgehead atoms. The van der Waals surface area contributed by atoms with Crippen LogP contribution in [-0.4, -0.2) is 18.2 Å². The summed E-state index contributed by atoms with van der Waals surface area (Å²) in [5, 5.41) is 4.63. The van der Waals surface area contributed by atoms with Gasteiger partial charge in [0.25, 0.3) is 0 Å². The predicted octanol–water partition coefficient (Wildman–Crippen LogP) is 6.82. The van der Waals surface area contributed by atoms with Crippen molar-refractivity contribution in [1.82, 2.24) is 14.5 Å². The molecule has 0 amide bonds. The minimum atomic E-state index is -4.55. The lowest BCUT2D eigenvalue weighted by molar-refractivity contribution is -0.138. The summed E-state index contributed by atoms with van der Waals surface area (Å²) in [7, 11) is -4.10. The van der Waals surface area contributed by atoms with Gasteiger partial charge in [0.1, 0.15) is 0 Å². The van der Waals surface area contributed by atoms with Crippen LogP contribution in [0.4, 0.5) is 13.2 Å². The number of benzene rings is 2. The van der Waals surface area contributed by atoms with E-state index in [-0.39, 0.29) is 21.9 Å². The second-order valence-corrected chi connectivity index (χ2v) is 12.5. The fraction of sp³-hybridized carbons (Fsp3) is 0.400. The summed E-state index contributed by atoms with van der Waals surface area (Å²) in [6.07, 6.45) is -1.16. The molecule has 0 saturated heterocycles. The lowest BCUT2D eigenvalue weighted by Crippen LogP contribution is -2.31. The quantitative estimate of drug-likeness (QED) is 0.354. The van der Waals surface area contributed by atoms with E-state index in [1.54, 1.807) is 6.20 Å². The van der Waals surface area contributed by atoms with Crippen molar-refractivity contribution in [2.24, 2.45) is 5.92 Å². The molecule has 1 saturated carbocycles. The molecule has 1 N–H and O–H groups in total. The van der Waals surface area contributed by atoms with Crippen LogP contribution in [0.25, 0.3) is 11.3 Å². The normalized spacial score (nSPS) is 15.9. The first-order chi connectivity index (χ1) is 16.2. The second kappa shape index (κ2) is 9.05. The maximum absolute atomic E-state index is 13.4. The molecule has 35 heavy (non-hydrogen) atoms. The lowest BCUT2D eigenvalue weighted by atomic mass is 9.98. The second-order valence-electron chi connectivity index (χ2n) is 9.92. The number of alkyl halides is 3. The molecule has 0 aliphatic heterocycles. The molecule has 1 atom stereocenters. The summed E-state index contributed by atoms with van der Waals surface area (Å²) in [6, 6.07) is 10.0. The minimum Gasteiger partial charge on any atom is -0.259 e. The van der Waals surface area contributed by atoms with Crippen molar-refractivity contribution in [3.63, 3.8) is 0 Å². The zero-order valence-corrected chi connectivity index (χ0v) is 22.2. The number of nitrogens with zero attached hydrogens (tertiary/aromatic N) is 2. The van der Waals surface area contributed by atoms with Crippen molar-refractivity contribution in [3.8, 4) is 11.3 Å². The molecule has 1 unspecified atom stereocenters. The summed E-state index contributed by atoms with van der Waals surface area (Å²) in [6.45, 7) is 7.32. The Morgan fingerprint density at radius 2 is 1.77 bits per heavy atom. The molecule has 0 spiro atoms. The number of hydrogen-bond donors (Lipinski definition) is 1. The molecule has 188 valence electrons. The van der Waals surface area contributed by atoms with Gasteiger partial charge in [-0.2, -0.15) is 18.3 Å². The Kier molecular flexibility index (Phi) is 6.70. The van der Waals surface area contributed by atoms with Gasteiger partial charge in [-0.3, -0.25) is 4.68 Å². The molecular formula is C25H27BrF3N3O2S. The van der Waals surface area contributed by atoms with E-state index in [4.69, 9.17) is 0 Å². The SMILES string of the molecule is Cc1cc(S(=O)(=O)NC(c2cnn(C(C)(C)C)c2-c2ccccc2Br)C2CC2)ccc1C(F)(F)F. The van der Waals surface area contributed by atoms with E-state index in [2.05, 4.69) is 25.8 Å². The topological polar surface area (TPSA) is 64.0 Å². The zero-order chi connectivity index (χ0) is 25.8. The summed E-state index contributed by atoms with van der Waals surface area (Å²) in [5.41, 5.74) is 1.05. The molecule has 1 aliphatic carbocycles. The molecular weight excluding hydrogens is 543 g/mol. The first-order valence-electron chi connectivity index (χ1n) is 11.2. The van der Waals surface area contributed by atoms with Gasteiger partial charge in [-0.1, -0.05) is 34.1 Å². The maximum Gasteiger partial charge on any atom is 0.416 e. The van der Waals surface area contributed by atoms with Gasteiger partial charge >= 0.3 is 6.18 Å². The number of nitrogens with one attached hydrogen (secondary N) is 1. The highest BCUT2D eigenvalue weighted by Crippen LogP contribution is 2.46. The smallest absolute Gasteiger partial charge is 0.259 e. The van der Waals surface area contributed by atoms with Crippen LogP contribution in [0.2, 0.25) is 0 Å². The van der Waals surface area contributed by atoms with Gasteiger partial charge in [-0.15, -0.1) is 0 Å². The first kappa shape index (κ1) is 25.9. The van der Waals surface area contributed by atoms with Crippen molar-refractivity contribution in [2.45, 2.75) is 63.2 Å². The molecule has 4 rings (SSSR count). The van der Waals surface area contributed by atoms with E-state index >= 15 is 0 Å². The predicted molar refractivity (Wildman–Crippen MR) is 132 cm³/mol. The number of sulfonamides is 1. The Morgan fingerprint density at radius 1 is 1.11 bits per heavy atom. The lowest BCUT2D eigenvalue weighted by Gasteiger charge is -2.25. The molecule has 10 heteroatoms. The Labute approximate surface area is 211 Å². The molecule has 0 radical (unpaired) electrons. The molecule has 3 aromatic rings. The Bertz CT molecular complexity index is 1360.